The van der Waals surface area contributed by atoms with Crippen molar-refractivity contribution in [1.29, 1.82) is 0 Å². The molecule has 1 aromatic carbocycles. The molecule has 0 spiro atoms. The number of ether oxygens (including phenoxy) is 2. The molecule has 32 heavy (non-hydrogen) atoms. The number of nitrogens with zero attached hydrogens (tertiary/aromatic N) is 1. The van der Waals surface area contributed by atoms with Crippen LogP contribution in [0.3, 0.4) is 0 Å². The highest BCUT2D eigenvalue weighted by Gasteiger charge is 2.36. The molecule has 2 aliphatic heterocycles. The minimum Gasteiger partial charge on any atom is -0.379 e. The van der Waals surface area contributed by atoms with E-state index in [4.69, 9.17) is 9.47 Å². The van der Waals surface area contributed by atoms with Gasteiger partial charge >= 0.3 is 6.18 Å². The standard InChI is InChI=1S/C24H31F3N2O3/c1-31-22-15-32-12-9-21(22)28-20-6-5-18(14-20)23(30)29-10-7-16(8-11-29)17-3-2-4-19(13-17)24(25,26)27/h2-4,7,13,18,20-22,28H,5-6,8-12,14-15H2,1H3. The first-order chi connectivity index (χ1) is 15.3. The lowest BCUT2D eigenvalue weighted by atomic mass is 9.96. The molecule has 4 atom stereocenters. The van der Waals surface area contributed by atoms with Gasteiger partial charge in [-0.25, -0.2) is 0 Å². The monoisotopic (exact) mass is 452 g/mol. The number of hydrogen-bond acceptors (Lipinski definition) is 4. The van der Waals surface area contributed by atoms with Crippen LogP contribution in [0.2, 0.25) is 0 Å². The highest BCUT2D eigenvalue weighted by molar-refractivity contribution is 5.81. The zero-order valence-electron chi connectivity index (χ0n) is 18.4. The SMILES string of the molecule is COC1COCCC1NC1CCC(C(=O)N2CC=C(c3cccc(C(F)(F)F)c3)CC2)C1. The lowest BCUT2D eigenvalue weighted by molar-refractivity contribution is -0.137. The fraction of sp³-hybridized carbons (Fsp3) is 0.625. The number of methoxy groups -OCH3 is 1. The van der Waals surface area contributed by atoms with Crippen molar-refractivity contribution in [1.82, 2.24) is 10.2 Å². The summed E-state index contributed by atoms with van der Waals surface area (Å²) in [6.07, 6.45) is 1.69. The van der Waals surface area contributed by atoms with Gasteiger partial charge in [0.15, 0.2) is 0 Å². The van der Waals surface area contributed by atoms with Crippen LogP contribution < -0.4 is 5.32 Å². The number of carbonyl (C=O) groups is 1. The Balaban J connectivity index is 1.31. The van der Waals surface area contributed by atoms with Gasteiger partial charge in [-0.3, -0.25) is 4.79 Å². The molecule has 2 heterocycles. The summed E-state index contributed by atoms with van der Waals surface area (Å²) >= 11 is 0. The average Bonchev–Trinajstić information content (AvgIpc) is 3.27. The van der Waals surface area contributed by atoms with Crippen molar-refractivity contribution in [3.63, 3.8) is 0 Å². The highest BCUT2D eigenvalue weighted by Crippen LogP contribution is 2.33. The lowest BCUT2D eigenvalue weighted by Gasteiger charge is -2.33. The Morgan fingerprint density at radius 1 is 1.25 bits per heavy atom. The molecule has 0 radical (unpaired) electrons. The molecule has 0 bridgehead atoms. The van der Waals surface area contributed by atoms with E-state index in [0.29, 0.717) is 37.7 Å². The molecule has 3 aliphatic rings. The lowest BCUT2D eigenvalue weighted by Crippen LogP contribution is -2.50. The quantitative estimate of drug-likeness (QED) is 0.737. The highest BCUT2D eigenvalue weighted by atomic mass is 19.4. The molecule has 4 unspecified atom stereocenters. The zero-order chi connectivity index (χ0) is 22.7. The third-order valence-electron chi connectivity index (χ3n) is 6.92. The number of hydrogen-bond donors (Lipinski definition) is 1. The second-order valence-corrected chi connectivity index (χ2v) is 8.96. The van der Waals surface area contributed by atoms with Gasteiger partial charge in [-0.15, -0.1) is 0 Å². The first kappa shape index (κ1) is 23.3. The van der Waals surface area contributed by atoms with Crippen LogP contribution in [0.25, 0.3) is 5.57 Å². The van der Waals surface area contributed by atoms with Gasteiger partial charge in [0, 0.05) is 44.8 Å². The van der Waals surface area contributed by atoms with E-state index in [-0.39, 0.29) is 24.0 Å². The van der Waals surface area contributed by atoms with Crippen LogP contribution in [-0.4, -0.2) is 62.4 Å². The molecule has 1 aromatic rings. The van der Waals surface area contributed by atoms with E-state index in [1.807, 2.05) is 11.0 Å². The van der Waals surface area contributed by atoms with Crippen molar-refractivity contribution in [3.8, 4) is 0 Å². The minimum atomic E-state index is -4.35. The average molecular weight is 453 g/mol. The third kappa shape index (κ3) is 5.35. The van der Waals surface area contributed by atoms with E-state index >= 15 is 0 Å². The molecular weight excluding hydrogens is 421 g/mol. The van der Waals surface area contributed by atoms with Crippen molar-refractivity contribution in [3.05, 3.63) is 41.5 Å². The van der Waals surface area contributed by atoms with Crippen LogP contribution in [0, 0.1) is 5.92 Å². The molecule has 5 nitrogen and oxygen atoms in total. The van der Waals surface area contributed by atoms with Gasteiger partial charge in [-0.2, -0.15) is 13.2 Å². The summed E-state index contributed by atoms with van der Waals surface area (Å²) in [5.74, 6) is 0.153. The molecule has 4 rings (SSSR count). The predicted molar refractivity (Wildman–Crippen MR) is 115 cm³/mol. The van der Waals surface area contributed by atoms with Crippen LogP contribution in [-0.2, 0) is 20.4 Å². The van der Waals surface area contributed by atoms with Crippen LogP contribution in [0.5, 0.6) is 0 Å². The number of rotatable bonds is 5. The first-order valence-corrected chi connectivity index (χ1v) is 11.4. The Hall–Kier alpha value is -1.90. The van der Waals surface area contributed by atoms with Gasteiger partial charge in [0.25, 0.3) is 0 Å². The van der Waals surface area contributed by atoms with E-state index in [9.17, 15) is 18.0 Å². The smallest absolute Gasteiger partial charge is 0.379 e. The Labute approximate surface area is 186 Å². The van der Waals surface area contributed by atoms with Crippen molar-refractivity contribution < 1.29 is 27.4 Å². The Morgan fingerprint density at radius 2 is 2.09 bits per heavy atom. The molecule has 1 saturated heterocycles. The molecule has 1 aliphatic carbocycles. The Bertz CT molecular complexity index is 842. The summed E-state index contributed by atoms with van der Waals surface area (Å²) in [6.45, 7) is 2.31. The number of amides is 1. The van der Waals surface area contributed by atoms with Crippen LogP contribution in [0.15, 0.2) is 30.3 Å². The van der Waals surface area contributed by atoms with Gasteiger partial charge in [-0.1, -0.05) is 18.2 Å². The Morgan fingerprint density at radius 3 is 2.81 bits per heavy atom. The van der Waals surface area contributed by atoms with E-state index in [1.165, 1.54) is 12.1 Å². The maximum Gasteiger partial charge on any atom is 0.416 e. The number of benzene rings is 1. The largest absolute Gasteiger partial charge is 0.416 e. The molecule has 8 heteroatoms. The van der Waals surface area contributed by atoms with E-state index in [2.05, 4.69) is 5.32 Å². The molecule has 1 amide bonds. The van der Waals surface area contributed by atoms with Gasteiger partial charge < -0.3 is 19.7 Å². The summed E-state index contributed by atoms with van der Waals surface area (Å²) in [4.78, 5) is 14.9. The summed E-state index contributed by atoms with van der Waals surface area (Å²) < 4.78 is 50.0. The fourth-order valence-electron chi connectivity index (χ4n) is 5.08. The topological polar surface area (TPSA) is 50.8 Å². The van der Waals surface area contributed by atoms with Crippen molar-refractivity contribution in [2.24, 2.45) is 5.92 Å². The number of alkyl halides is 3. The normalized spacial score (nSPS) is 29.1. The second-order valence-electron chi connectivity index (χ2n) is 8.96. The number of carbonyl (C=O) groups excluding carboxylic acids is 1. The number of nitrogens with one attached hydrogen (secondary N) is 1. The van der Waals surface area contributed by atoms with Gasteiger partial charge in [0.1, 0.15) is 0 Å². The Kier molecular flexibility index (Phi) is 7.22. The van der Waals surface area contributed by atoms with Crippen LogP contribution in [0.1, 0.15) is 43.2 Å². The van der Waals surface area contributed by atoms with Crippen LogP contribution >= 0.6 is 0 Å². The second kappa shape index (κ2) is 9.93. The van der Waals surface area contributed by atoms with E-state index in [0.717, 1.165) is 43.9 Å². The maximum absolute atomic E-state index is 13.1. The summed E-state index contributed by atoms with van der Waals surface area (Å²) in [6, 6.07) is 5.97. The summed E-state index contributed by atoms with van der Waals surface area (Å²) in [7, 11) is 1.70. The number of halogens is 3. The third-order valence-corrected chi connectivity index (χ3v) is 6.92. The molecule has 176 valence electrons. The van der Waals surface area contributed by atoms with Crippen molar-refractivity contribution >= 4 is 11.5 Å². The molecule has 1 N–H and O–H groups in total. The summed E-state index contributed by atoms with van der Waals surface area (Å²) in [5.41, 5.74) is 0.816. The zero-order valence-corrected chi connectivity index (χ0v) is 18.4. The fourth-order valence-corrected chi connectivity index (χ4v) is 5.08. The molecule has 0 aromatic heterocycles. The molecule has 2 fully saturated rings. The van der Waals surface area contributed by atoms with E-state index < -0.39 is 11.7 Å². The minimum absolute atomic E-state index is 0.00292. The van der Waals surface area contributed by atoms with Crippen LogP contribution in [0.4, 0.5) is 13.2 Å². The van der Waals surface area contributed by atoms with Crippen molar-refractivity contribution in [2.75, 3.05) is 33.4 Å². The van der Waals surface area contributed by atoms with Gasteiger partial charge in [0.05, 0.1) is 18.3 Å². The van der Waals surface area contributed by atoms with Crippen molar-refractivity contribution in [2.45, 2.75) is 56.5 Å². The van der Waals surface area contributed by atoms with Gasteiger partial charge in [0.2, 0.25) is 5.91 Å². The summed E-state index contributed by atoms with van der Waals surface area (Å²) in [5, 5.41) is 3.67. The van der Waals surface area contributed by atoms with E-state index in [1.54, 1.807) is 13.2 Å². The van der Waals surface area contributed by atoms with Gasteiger partial charge in [-0.05, 0) is 55.4 Å². The maximum atomic E-state index is 13.1. The predicted octanol–water partition coefficient (Wildman–Crippen LogP) is 3.88. The first-order valence-electron chi connectivity index (χ1n) is 11.4. The molecule has 1 saturated carbocycles. The molecular formula is C24H31F3N2O3.